The lowest BCUT2D eigenvalue weighted by atomic mass is 10.3. The van der Waals surface area contributed by atoms with E-state index in [1.165, 1.54) is 37.7 Å². The maximum atomic E-state index is 12.5. The van der Waals surface area contributed by atoms with Crippen molar-refractivity contribution >= 4 is 27.5 Å². The van der Waals surface area contributed by atoms with E-state index >= 15 is 0 Å². The van der Waals surface area contributed by atoms with Gasteiger partial charge in [0.2, 0.25) is 0 Å². The third-order valence-corrected chi connectivity index (χ3v) is 5.37. The standard InChI is InChI=1S/C17H15ClN4O4S/c1-22-10-12(20-16(22)11-6-5-9-19-15(11)18)17(23)21-27(24,25)14-8-4-3-7-13(14)26-2/h3-10H,1-2H3,(H,21,23). The van der Waals surface area contributed by atoms with Gasteiger partial charge in [-0.1, -0.05) is 23.7 Å². The SMILES string of the molecule is COc1ccccc1S(=O)(=O)NC(=O)c1cn(C)c(-c2cccnc2Cl)n1. The van der Waals surface area contributed by atoms with Gasteiger partial charge < -0.3 is 9.30 Å². The molecule has 1 aromatic carbocycles. The average molecular weight is 407 g/mol. The smallest absolute Gasteiger partial charge is 0.285 e. The zero-order chi connectivity index (χ0) is 19.6. The number of hydrogen-bond acceptors (Lipinski definition) is 6. The van der Waals surface area contributed by atoms with E-state index in [1.807, 2.05) is 4.72 Å². The van der Waals surface area contributed by atoms with Crippen molar-refractivity contribution in [1.82, 2.24) is 19.3 Å². The predicted octanol–water partition coefficient (Wildman–Crippen LogP) is 2.26. The highest BCUT2D eigenvalue weighted by molar-refractivity contribution is 7.90. The average Bonchev–Trinajstić information content (AvgIpc) is 3.03. The van der Waals surface area contributed by atoms with E-state index in [-0.39, 0.29) is 21.5 Å². The largest absolute Gasteiger partial charge is 0.495 e. The van der Waals surface area contributed by atoms with Crippen molar-refractivity contribution in [3.8, 4) is 17.1 Å². The van der Waals surface area contributed by atoms with Crippen LogP contribution in [0.3, 0.4) is 0 Å². The summed E-state index contributed by atoms with van der Waals surface area (Å²) in [6.07, 6.45) is 2.94. The van der Waals surface area contributed by atoms with E-state index < -0.39 is 15.9 Å². The zero-order valence-corrected chi connectivity index (χ0v) is 16.0. The number of aromatic nitrogens is 3. The quantitative estimate of drug-likeness (QED) is 0.652. The van der Waals surface area contributed by atoms with E-state index in [9.17, 15) is 13.2 Å². The summed E-state index contributed by atoms with van der Waals surface area (Å²) in [5.41, 5.74) is 0.444. The van der Waals surface area contributed by atoms with Crippen LogP contribution in [0.4, 0.5) is 0 Å². The minimum atomic E-state index is -4.14. The van der Waals surface area contributed by atoms with Crippen molar-refractivity contribution in [2.75, 3.05) is 7.11 Å². The van der Waals surface area contributed by atoms with Gasteiger partial charge >= 0.3 is 0 Å². The van der Waals surface area contributed by atoms with Crippen LogP contribution < -0.4 is 9.46 Å². The Hall–Kier alpha value is -2.91. The van der Waals surface area contributed by atoms with Crippen LogP contribution in [0.2, 0.25) is 5.15 Å². The zero-order valence-electron chi connectivity index (χ0n) is 14.4. The molecule has 1 N–H and O–H groups in total. The van der Waals surface area contributed by atoms with Gasteiger partial charge in [0.1, 0.15) is 27.3 Å². The molecule has 0 saturated heterocycles. The Kier molecular flexibility index (Phi) is 5.15. The molecule has 0 spiro atoms. The summed E-state index contributed by atoms with van der Waals surface area (Å²) in [6.45, 7) is 0. The van der Waals surface area contributed by atoms with Crippen LogP contribution in [-0.4, -0.2) is 36.0 Å². The lowest BCUT2D eigenvalue weighted by molar-refractivity contribution is 0.0977. The maximum absolute atomic E-state index is 12.5. The van der Waals surface area contributed by atoms with Crippen LogP contribution in [0.15, 0.2) is 53.7 Å². The van der Waals surface area contributed by atoms with Gasteiger partial charge in [0.25, 0.3) is 15.9 Å². The van der Waals surface area contributed by atoms with Crippen LogP contribution in [0.5, 0.6) is 5.75 Å². The Morgan fingerprint density at radius 2 is 1.96 bits per heavy atom. The monoisotopic (exact) mass is 406 g/mol. The van der Waals surface area contributed by atoms with E-state index in [0.29, 0.717) is 11.4 Å². The fourth-order valence-corrected chi connectivity index (χ4v) is 3.79. The number of ether oxygens (including phenoxy) is 1. The lowest BCUT2D eigenvalue weighted by Crippen LogP contribution is -2.31. The Balaban J connectivity index is 1.91. The van der Waals surface area contributed by atoms with Crippen LogP contribution in [0.25, 0.3) is 11.4 Å². The summed E-state index contributed by atoms with van der Waals surface area (Å²) in [5, 5.41) is 0.222. The van der Waals surface area contributed by atoms with Gasteiger partial charge in [0.15, 0.2) is 0 Å². The number of carbonyl (C=O) groups excluding carboxylic acids is 1. The Morgan fingerprint density at radius 3 is 2.67 bits per heavy atom. The van der Waals surface area contributed by atoms with Crippen LogP contribution in [-0.2, 0) is 17.1 Å². The van der Waals surface area contributed by atoms with Crippen molar-refractivity contribution < 1.29 is 17.9 Å². The van der Waals surface area contributed by atoms with E-state index in [4.69, 9.17) is 16.3 Å². The molecule has 0 saturated carbocycles. The minimum absolute atomic E-state index is 0.0779. The summed E-state index contributed by atoms with van der Waals surface area (Å²) >= 11 is 6.06. The highest BCUT2D eigenvalue weighted by Gasteiger charge is 2.24. The maximum Gasteiger partial charge on any atom is 0.285 e. The van der Waals surface area contributed by atoms with Gasteiger partial charge in [-0.15, -0.1) is 0 Å². The van der Waals surface area contributed by atoms with Gasteiger partial charge in [-0.3, -0.25) is 4.79 Å². The molecule has 140 valence electrons. The second-order valence-electron chi connectivity index (χ2n) is 5.49. The summed E-state index contributed by atoms with van der Waals surface area (Å²) in [5.74, 6) is -0.364. The first-order valence-electron chi connectivity index (χ1n) is 7.68. The first-order valence-corrected chi connectivity index (χ1v) is 9.54. The molecule has 27 heavy (non-hydrogen) atoms. The molecule has 1 amide bonds. The van der Waals surface area contributed by atoms with E-state index in [1.54, 1.807) is 29.8 Å². The molecule has 0 aliphatic carbocycles. The molecule has 0 fully saturated rings. The molecule has 8 nitrogen and oxygen atoms in total. The minimum Gasteiger partial charge on any atom is -0.495 e. The lowest BCUT2D eigenvalue weighted by Gasteiger charge is -2.09. The molecular weight excluding hydrogens is 392 g/mol. The van der Waals surface area contributed by atoms with Crippen LogP contribution in [0.1, 0.15) is 10.5 Å². The van der Waals surface area contributed by atoms with Crippen molar-refractivity contribution in [3.05, 3.63) is 59.6 Å². The van der Waals surface area contributed by atoms with Gasteiger partial charge in [0, 0.05) is 19.4 Å². The van der Waals surface area contributed by atoms with E-state index in [0.717, 1.165) is 0 Å². The molecule has 0 unspecified atom stereocenters. The number of nitrogens with one attached hydrogen (secondary N) is 1. The number of hydrogen-bond donors (Lipinski definition) is 1. The van der Waals surface area contributed by atoms with Crippen molar-refractivity contribution in [2.24, 2.45) is 7.05 Å². The van der Waals surface area contributed by atoms with E-state index in [2.05, 4.69) is 9.97 Å². The highest BCUT2D eigenvalue weighted by Crippen LogP contribution is 2.25. The third-order valence-electron chi connectivity index (χ3n) is 3.69. The molecule has 0 radical (unpaired) electrons. The summed E-state index contributed by atoms with van der Waals surface area (Å²) in [6, 6.07) is 9.37. The number of sulfonamides is 1. The van der Waals surface area contributed by atoms with Crippen molar-refractivity contribution in [3.63, 3.8) is 0 Å². The molecule has 0 aliphatic heterocycles. The number of para-hydroxylation sites is 1. The Bertz CT molecular complexity index is 1110. The second-order valence-corrected chi connectivity index (χ2v) is 7.50. The summed E-state index contributed by atoms with van der Waals surface area (Å²) < 4.78 is 33.7. The first-order chi connectivity index (χ1) is 12.8. The summed E-state index contributed by atoms with van der Waals surface area (Å²) in [4.78, 5) is 20.5. The normalized spacial score (nSPS) is 11.2. The number of amides is 1. The number of benzene rings is 1. The van der Waals surface area contributed by atoms with Gasteiger partial charge in [-0.2, -0.15) is 0 Å². The predicted molar refractivity (Wildman–Crippen MR) is 99.1 cm³/mol. The number of aryl methyl sites for hydroxylation is 1. The number of halogens is 1. The third kappa shape index (κ3) is 3.79. The highest BCUT2D eigenvalue weighted by atomic mass is 35.5. The number of nitrogens with zero attached hydrogens (tertiary/aromatic N) is 3. The molecule has 3 rings (SSSR count). The molecule has 0 atom stereocenters. The number of pyridine rings is 1. The number of carbonyl (C=O) groups is 1. The van der Waals surface area contributed by atoms with Crippen LogP contribution in [0, 0.1) is 0 Å². The van der Waals surface area contributed by atoms with Crippen molar-refractivity contribution in [2.45, 2.75) is 4.90 Å². The number of methoxy groups -OCH3 is 1. The van der Waals surface area contributed by atoms with Crippen LogP contribution >= 0.6 is 11.6 Å². The number of rotatable bonds is 5. The summed E-state index contributed by atoms with van der Waals surface area (Å²) in [7, 11) is -1.13. The fourth-order valence-electron chi connectivity index (χ4n) is 2.45. The van der Waals surface area contributed by atoms with Gasteiger partial charge in [-0.25, -0.2) is 23.1 Å². The second kappa shape index (κ2) is 7.37. The number of imidazole rings is 1. The molecule has 2 aromatic heterocycles. The molecular formula is C17H15ClN4O4S. The van der Waals surface area contributed by atoms with Gasteiger partial charge in [-0.05, 0) is 24.3 Å². The first kappa shape index (κ1) is 18.9. The topological polar surface area (TPSA) is 103 Å². The molecule has 2 heterocycles. The molecule has 10 heteroatoms. The Morgan fingerprint density at radius 1 is 1.22 bits per heavy atom. The Labute approximate surface area is 160 Å². The van der Waals surface area contributed by atoms with Gasteiger partial charge in [0.05, 0.1) is 12.7 Å². The fraction of sp³-hybridized carbons (Fsp3) is 0.118. The van der Waals surface area contributed by atoms with Crippen molar-refractivity contribution in [1.29, 1.82) is 0 Å². The molecule has 0 bridgehead atoms. The molecule has 0 aliphatic rings. The molecule has 3 aromatic rings.